The number of hydrogen-bond donors (Lipinski definition) is 3. The molecule has 0 aromatic carbocycles. The van der Waals surface area contributed by atoms with Gasteiger partial charge < -0.3 is 4.98 Å². The minimum Gasteiger partial charge on any atom is -0.346 e. The van der Waals surface area contributed by atoms with E-state index in [0.717, 1.165) is 11.0 Å². The predicted molar refractivity (Wildman–Crippen MR) is 47.7 cm³/mol. The van der Waals surface area contributed by atoms with Gasteiger partial charge >= 0.3 is 0 Å². The lowest BCUT2D eigenvalue weighted by atomic mass is 10.2. The van der Waals surface area contributed by atoms with Gasteiger partial charge in [0.25, 0.3) is 5.91 Å². The van der Waals surface area contributed by atoms with Gasteiger partial charge in [-0.3, -0.25) is 10.2 Å². The van der Waals surface area contributed by atoms with Gasteiger partial charge in [0.2, 0.25) is 0 Å². The van der Waals surface area contributed by atoms with Crippen LogP contribution in [0.5, 0.6) is 0 Å². The number of nitrogens with zero attached hydrogens (tertiary/aromatic N) is 1. The highest BCUT2D eigenvalue weighted by Gasteiger charge is 2.04. The SMILES string of the molecule is NNC(=O)c1cnc2[nH]ccc2c1. The largest absolute Gasteiger partial charge is 0.346 e. The van der Waals surface area contributed by atoms with Gasteiger partial charge in [0.05, 0.1) is 5.56 Å². The average molecular weight is 176 g/mol. The molecule has 2 aromatic rings. The van der Waals surface area contributed by atoms with E-state index in [2.05, 4.69) is 9.97 Å². The van der Waals surface area contributed by atoms with Crippen LogP contribution >= 0.6 is 0 Å². The zero-order chi connectivity index (χ0) is 9.26. The van der Waals surface area contributed by atoms with Gasteiger partial charge in [-0.05, 0) is 12.1 Å². The third-order valence-electron chi connectivity index (χ3n) is 1.79. The summed E-state index contributed by atoms with van der Waals surface area (Å²) in [7, 11) is 0. The third-order valence-corrected chi connectivity index (χ3v) is 1.79. The fourth-order valence-corrected chi connectivity index (χ4v) is 1.15. The van der Waals surface area contributed by atoms with Crippen molar-refractivity contribution in [2.24, 2.45) is 5.84 Å². The van der Waals surface area contributed by atoms with E-state index in [4.69, 9.17) is 5.84 Å². The Morgan fingerprint density at radius 1 is 1.62 bits per heavy atom. The van der Waals surface area contributed by atoms with Gasteiger partial charge in [-0.15, -0.1) is 0 Å². The van der Waals surface area contributed by atoms with Crippen molar-refractivity contribution >= 4 is 16.9 Å². The smallest absolute Gasteiger partial charge is 0.266 e. The van der Waals surface area contributed by atoms with E-state index in [9.17, 15) is 4.79 Å². The van der Waals surface area contributed by atoms with Crippen LogP contribution in [0.3, 0.4) is 0 Å². The number of amides is 1. The molecule has 4 N–H and O–H groups in total. The number of fused-ring (bicyclic) bond motifs is 1. The second kappa shape index (κ2) is 2.87. The highest BCUT2D eigenvalue weighted by Crippen LogP contribution is 2.10. The number of carbonyl (C=O) groups excluding carboxylic acids is 1. The molecule has 0 aliphatic heterocycles. The van der Waals surface area contributed by atoms with Crippen molar-refractivity contribution in [1.82, 2.24) is 15.4 Å². The van der Waals surface area contributed by atoms with Crippen molar-refractivity contribution in [2.45, 2.75) is 0 Å². The first-order valence-electron chi connectivity index (χ1n) is 3.75. The van der Waals surface area contributed by atoms with E-state index in [1.54, 1.807) is 12.3 Å². The number of nitrogen functional groups attached to an aromatic ring is 1. The predicted octanol–water partition coefficient (Wildman–Crippen LogP) is 0.166. The first kappa shape index (κ1) is 7.75. The second-order valence-corrected chi connectivity index (χ2v) is 2.61. The molecule has 0 bridgehead atoms. The van der Waals surface area contributed by atoms with Crippen LogP contribution in [0.4, 0.5) is 0 Å². The first-order chi connectivity index (χ1) is 6.31. The van der Waals surface area contributed by atoms with Crippen LogP contribution in [-0.4, -0.2) is 15.9 Å². The van der Waals surface area contributed by atoms with E-state index in [-0.39, 0.29) is 5.91 Å². The standard InChI is InChI=1S/C8H8N4O/c9-12-8(13)6-3-5-1-2-10-7(5)11-4-6/h1-4H,9H2,(H,10,11)(H,12,13). The van der Waals surface area contributed by atoms with Crippen molar-refractivity contribution < 1.29 is 4.79 Å². The molecule has 0 fully saturated rings. The summed E-state index contributed by atoms with van der Waals surface area (Å²) in [6, 6.07) is 3.57. The van der Waals surface area contributed by atoms with Crippen molar-refractivity contribution in [3.05, 3.63) is 30.1 Å². The number of nitrogens with one attached hydrogen (secondary N) is 2. The molecule has 0 radical (unpaired) electrons. The summed E-state index contributed by atoms with van der Waals surface area (Å²) in [4.78, 5) is 18.1. The zero-order valence-electron chi connectivity index (χ0n) is 6.74. The minimum atomic E-state index is -0.337. The Kier molecular flexibility index (Phi) is 1.71. The molecule has 2 rings (SSSR count). The van der Waals surface area contributed by atoms with Crippen LogP contribution in [0, 0.1) is 0 Å². The van der Waals surface area contributed by atoms with Crippen LogP contribution in [0.1, 0.15) is 10.4 Å². The molecular weight excluding hydrogens is 168 g/mol. The molecule has 0 unspecified atom stereocenters. The molecule has 0 saturated heterocycles. The number of aromatic nitrogens is 2. The van der Waals surface area contributed by atoms with Gasteiger partial charge in [0, 0.05) is 17.8 Å². The van der Waals surface area contributed by atoms with Crippen molar-refractivity contribution in [1.29, 1.82) is 0 Å². The second-order valence-electron chi connectivity index (χ2n) is 2.61. The Morgan fingerprint density at radius 2 is 2.46 bits per heavy atom. The lowest BCUT2D eigenvalue weighted by molar-refractivity contribution is 0.0953. The maximum atomic E-state index is 11.1. The number of hydrogen-bond acceptors (Lipinski definition) is 3. The number of hydrazine groups is 1. The number of pyridine rings is 1. The lowest BCUT2D eigenvalue weighted by Crippen LogP contribution is -2.29. The fourth-order valence-electron chi connectivity index (χ4n) is 1.15. The summed E-state index contributed by atoms with van der Waals surface area (Å²) in [5, 5.41) is 0.890. The highest BCUT2D eigenvalue weighted by molar-refractivity contribution is 5.96. The van der Waals surface area contributed by atoms with E-state index in [1.165, 1.54) is 6.20 Å². The number of nitrogens with two attached hydrogens (primary N) is 1. The summed E-state index contributed by atoms with van der Waals surface area (Å²) < 4.78 is 0. The Bertz CT molecular complexity index is 448. The molecule has 0 aliphatic rings. The molecule has 1 amide bonds. The molecular formula is C8H8N4O. The Balaban J connectivity index is 2.54. The quantitative estimate of drug-likeness (QED) is 0.329. The van der Waals surface area contributed by atoms with Crippen LogP contribution in [0.2, 0.25) is 0 Å². The monoisotopic (exact) mass is 176 g/mol. The highest BCUT2D eigenvalue weighted by atomic mass is 16.2. The summed E-state index contributed by atoms with van der Waals surface area (Å²) in [6.45, 7) is 0. The molecule has 0 aliphatic carbocycles. The Morgan fingerprint density at radius 3 is 3.23 bits per heavy atom. The molecule has 2 aromatic heterocycles. The van der Waals surface area contributed by atoms with Gasteiger partial charge in [-0.2, -0.15) is 0 Å². The summed E-state index contributed by atoms with van der Waals surface area (Å²) in [5.41, 5.74) is 3.26. The lowest BCUT2D eigenvalue weighted by Gasteiger charge is -1.97. The average Bonchev–Trinajstić information content (AvgIpc) is 2.63. The first-order valence-corrected chi connectivity index (χ1v) is 3.75. The number of rotatable bonds is 1. The molecule has 5 nitrogen and oxygen atoms in total. The van der Waals surface area contributed by atoms with Gasteiger partial charge in [-0.1, -0.05) is 0 Å². The van der Waals surface area contributed by atoms with Gasteiger partial charge in [0.1, 0.15) is 5.65 Å². The van der Waals surface area contributed by atoms with E-state index >= 15 is 0 Å². The molecule has 13 heavy (non-hydrogen) atoms. The summed E-state index contributed by atoms with van der Waals surface area (Å²) >= 11 is 0. The van der Waals surface area contributed by atoms with E-state index in [0.29, 0.717) is 5.56 Å². The molecule has 0 spiro atoms. The summed E-state index contributed by atoms with van der Waals surface area (Å²) in [6.07, 6.45) is 3.24. The van der Waals surface area contributed by atoms with Crippen molar-refractivity contribution in [3.63, 3.8) is 0 Å². The normalized spacial score (nSPS) is 10.2. The maximum absolute atomic E-state index is 11.1. The van der Waals surface area contributed by atoms with Crippen molar-refractivity contribution in [3.8, 4) is 0 Å². The Labute approximate surface area is 73.9 Å². The number of carbonyl (C=O) groups is 1. The molecule has 0 saturated carbocycles. The van der Waals surface area contributed by atoms with E-state index < -0.39 is 0 Å². The van der Waals surface area contributed by atoms with E-state index in [1.807, 2.05) is 11.5 Å². The molecule has 5 heteroatoms. The Hall–Kier alpha value is -1.88. The zero-order valence-corrected chi connectivity index (χ0v) is 6.74. The minimum absolute atomic E-state index is 0.337. The van der Waals surface area contributed by atoms with Crippen molar-refractivity contribution in [2.75, 3.05) is 0 Å². The summed E-state index contributed by atoms with van der Waals surface area (Å²) in [5.74, 6) is 4.65. The van der Waals surface area contributed by atoms with Crippen LogP contribution in [-0.2, 0) is 0 Å². The fraction of sp³-hybridized carbons (Fsp3) is 0. The number of H-pyrrole nitrogens is 1. The topological polar surface area (TPSA) is 83.8 Å². The maximum Gasteiger partial charge on any atom is 0.266 e. The van der Waals surface area contributed by atoms with Gasteiger partial charge in [0.15, 0.2) is 0 Å². The number of aromatic amines is 1. The van der Waals surface area contributed by atoms with Crippen LogP contribution in [0.15, 0.2) is 24.5 Å². The van der Waals surface area contributed by atoms with Crippen LogP contribution < -0.4 is 11.3 Å². The molecule has 2 heterocycles. The van der Waals surface area contributed by atoms with Crippen LogP contribution in [0.25, 0.3) is 11.0 Å². The molecule has 0 atom stereocenters. The molecule has 66 valence electrons. The van der Waals surface area contributed by atoms with Gasteiger partial charge in [-0.25, -0.2) is 10.8 Å². The third kappa shape index (κ3) is 1.25.